The number of alkyl halides is 3. The van der Waals surface area contributed by atoms with E-state index in [2.05, 4.69) is 15.6 Å². The van der Waals surface area contributed by atoms with Crippen molar-refractivity contribution < 1.29 is 18.0 Å². The van der Waals surface area contributed by atoms with Crippen LogP contribution in [0, 0.1) is 17.8 Å². The van der Waals surface area contributed by atoms with Crippen LogP contribution in [0.2, 0.25) is 0 Å². The number of hydrogen-bond acceptors (Lipinski definition) is 3. The van der Waals surface area contributed by atoms with Crippen LogP contribution in [0.1, 0.15) is 54.4 Å². The van der Waals surface area contributed by atoms with Crippen molar-refractivity contribution in [2.75, 3.05) is 5.32 Å². The number of carbonyl (C=O) groups excluding carboxylic acids is 1. The number of para-hydroxylation sites is 1. The molecule has 3 aromatic rings. The van der Waals surface area contributed by atoms with Gasteiger partial charge in [0.25, 0.3) is 5.91 Å². The molecule has 0 radical (unpaired) electrons. The van der Waals surface area contributed by atoms with E-state index in [-0.39, 0.29) is 17.0 Å². The van der Waals surface area contributed by atoms with Gasteiger partial charge in [-0.2, -0.15) is 13.2 Å². The highest BCUT2D eigenvalue weighted by molar-refractivity contribution is 6.02. The Hall–Kier alpha value is -3.09. The summed E-state index contributed by atoms with van der Waals surface area (Å²) < 4.78 is 39.4. The van der Waals surface area contributed by atoms with Gasteiger partial charge in [-0.15, -0.1) is 0 Å². The number of aromatic nitrogens is 1. The molecule has 0 atom stereocenters. The minimum atomic E-state index is -4.43. The molecule has 0 unspecified atom stereocenters. The molecule has 1 heterocycles. The summed E-state index contributed by atoms with van der Waals surface area (Å²) >= 11 is 0. The first kappa shape index (κ1) is 21.4. The number of halogens is 3. The number of nitrogens with one attached hydrogen (secondary N) is 2. The summed E-state index contributed by atoms with van der Waals surface area (Å²) in [5.41, 5.74) is 1.17. The third-order valence-electron chi connectivity index (χ3n) is 7.93. The second kappa shape index (κ2) is 7.72. The van der Waals surface area contributed by atoms with Gasteiger partial charge in [0.05, 0.1) is 22.3 Å². The first-order chi connectivity index (χ1) is 16.3. The molecule has 4 aliphatic carbocycles. The second-order valence-electron chi connectivity index (χ2n) is 10.4. The summed E-state index contributed by atoms with van der Waals surface area (Å²) in [6.07, 6.45) is 4.16. The minimum absolute atomic E-state index is 0.0947. The molecule has 4 bridgehead atoms. The van der Waals surface area contributed by atoms with Crippen LogP contribution >= 0.6 is 0 Å². The van der Waals surface area contributed by atoms with Crippen molar-refractivity contribution in [1.82, 2.24) is 10.3 Å². The smallest absolute Gasteiger partial charge is 0.354 e. The molecule has 0 aliphatic heterocycles. The monoisotopic (exact) mass is 465 g/mol. The molecule has 2 N–H and O–H groups in total. The first-order valence-corrected chi connectivity index (χ1v) is 11.9. The van der Waals surface area contributed by atoms with Crippen molar-refractivity contribution in [3.63, 3.8) is 0 Å². The van der Waals surface area contributed by atoms with Crippen molar-refractivity contribution in [2.45, 2.75) is 50.2 Å². The summed E-state index contributed by atoms with van der Waals surface area (Å²) in [6.45, 7) is 0. The maximum atomic E-state index is 13.5. The number of rotatable bonds is 4. The number of pyridine rings is 1. The Morgan fingerprint density at radius 3 is 2.26 bits per heavy atom. The fourth-order valence-electron chi connectivity index (χ4n) is 6.94. The van der Waals surface area contributed by atoms with E-state index < -0.39 is 11.7 Å². The van der Waals surface area contributed by atoms with Crippen LogP contribution in [0.5, 0.6) is 0 Å². The van der Waals surface area contributed by atoms with E-state index in [1.54, 1.807) is 12.1 Å². The molecule has 2 aromatic carbocycles. The lowest BCUT2D eigenvalue weighted by Gasteiger charge is -2.56. The van der Waals surface area contributed by atoms with E-state index in [4.69, 9.17) is 0 Å². The lowest BCUT2D eigenvalue weighted by molar-refractivity contribution is -0.137. The Morgan fingerprint density at radius 2 is 1.59 bits per heavy atom. The number of anilines is 2. The maximum absolute atomic E-state index is 13.5. The number of fused-ring (bicyclic) bond motifs is 1. The van der Waals surface area contributed by atoms with Gasteiger partial charge in [-0.1, -0.05) is 18.2 Å². The topological polar surface area (TPSA) is 54.0 Å². The Bertz CT molecular complexity index is 1230. The highest BCUT2D eigenvalue weighted by Gasteiger charge is 2.51. The third kappa shape index (κ3) is 3.81. The van der Waals surface area contributed by atoms with Gasteiger partial charge < -0.3 is 10.6 Å². The van der Waals surface area contributed by atoms with Gasteiger partial charge in [0, 0.05) is 22.8 Å². The zero-order valence-corrected chi connectivity index (χ0v) is 18.7. The average molecular weight is 466 g/mol. The van der Waals surface area contributed by atoms with E-state index in [0.29, 0.717) is 22.3 Å². The number of hydrogen-bond donors (Lipinski definition) is 2. The third-order valence-corrected chi connectivity index (χ3v) is 7.93. The maximum Gasteiger partial charge on any atom is 0.416 e. The first-order valence-electron chi connectivity index (χ1n) is 11.9. The average Bonchev–Trinajstić information content (AvgIpc) is 2.77. The number of carbonyl (C=O) groups is 1. The normalized spacial score (nSPS) is 27.7. The van der Waals surface area contributed by atoms with Gasteiger partial charge in [-0.3, -0.25) is 9.78 Å². The Balaban J connectivity index is 1.28. The van der Waals surface area contributed by atoms with E-state index in [0.717, 1.165) is 49.1 Å². The number of amides is 1. The van der Waals surface area contributed by atoms with Gasteiger partial charge in [-0.05, 0) is 86.6 Å². The molecule has 4 saturated carbocycles. The van der Waals surface area contributed by atoms with Crippen LogP contribution in [0.3, 0.4) is 0 Å². The highest BCUT2D eigenvalue weighted by atomic mass is 19.4. The number of nitrogens with zero attached hydrogens (tertiary/aromatic N) is 1. The lowest BCUT2D eigenvalue weighted by Crippen LogP contribution is -2.59. The van der Waals surface area contributed by atoms with Crippen LogP contribution in [0.4, 0.5) is 24.5 Å². The van der Waals surface area contributed by atoms with Crippen molar-refractivity contribution in [2.24, 2.45) is 17.8 Å². The van der Waals surface area contributed by atoms with Gasteiger partial charge >= 0.3 is 6.18 Å². The lowest BCUT2D eigenvalue weighted by atomic mass is 9.53. The van der Waals surface area contributed by atoms with Crippen LogP contribution in [0.25, 0.3) is 10.9 Å². The molecule has 7 heteroatoms. The molecule has 4 nitrogen and oxygen atoms in total. The molecule has 7 rings (SSSR count). The summed E-state index contributed by atoms with van der Waals surface area (Å²) in [6, 6.07) is 12.5. The molecule has 4 aliphatic rings. The Morgan fingerprint density at radius 1 is 0.912 bits per heavy atom. The SMILES string of the molecule is O=C(NC12CC3CC(CC(C3)C1)C2)c1ccccc1Nc1ccnc2cc(C(F)(F)F)ccc12. The van der Waals surface area contributed by atoms with Gasteiger partial charge in [0.2, 0.25) is 0 Å². The van der Waals surface area contributed by atoms with Crippen molar-refractivity contribution in [3.05, 3.63) is 65.9 Å². The van der Waals surface area contributed by atoms with Crippen LogP contribution in [-0.2, 0) is 6.18 Å². The minimum Gasteiger partial charge on any atom is -0.354 e. The van der Waals surface area contributed by atoms with Crippen LogP contribution in [0.15, 0.2) is 54.7 Å². The fourth-order valence-corrected chi connectivity index (χ4v) is 6.94. The summed E-state index contributed by atoms with van der Waals surface area (Å²) in [7, 11) is 0. The van der Waals surface area contributed by atoms with Crippen molar-refractivity contribution >= 4 is 28.2 Å². The summed E-state index contributed by atoms with van der Waals surface area (Å²) in [5.74, 6) is 2.09. The van der Waals surface area contributed by atoms with E-state index >= 15 is 0 Å². The predicted octanol–water partition coefficient (Wildman–Crippen LogP) is 6.70. The largest absolute Gasteiger partial charge is 0.416 e. The molecule has 176 valence electrons. The summed E-state index contributed by atoms with van der Waals surface area (Å²) in [5, 5.41) is 7.25. The molecule has 0 spiro atoms. The predicted molar refractivity (Wildman–Crippen MR) is 125 cm³/mol. The van der Waals surface area contributed by atoms with E-state index in [1.807, 2.05) is 18.2 Å². The zero-order valence-electron chi connectivity index (χ0n) is 18.7. The van der Waals surface area contributed by atoms with Crippen molar-refractivity contribution in [1.29, 1.82) is 0 Å². The van der Waals surface area contributed by atoms with Crippen molar-refractivity contribution in [3.8, 4) is 0 Å². The molecule has 4 fully saturated rings. The Labute approximate surface area is 196 Å². The van der Waals surface area contributed by atoms with Gasteiger partial charge in [-0.25, -0.2) is 0 Å². The van der Waals surface area contributed by atoms with Crippen LogP contribution in [-0.4, -0.2) is 16.4 Å². The highest BCUT2D eigenvalue weighted by Crippen LogP contribution is 2.55. The fraction of sp³-hybridized carbons (Fsp3) is 0.407. The van der Waals surface area contributed by atoms with E-state index in [1.165, 1.54) is 31.5 Å². The summed E-state index contributed by atoms with van der Waals surface area (Å²) in [4.78, 5) is 17.6. The molecular formula is C27H26F3N3O. The second-order valence-corrected chi connectivity index (χ2v) is 10.4. The Kier molecular flexibility index (Phi) is 4.87. The molecule has 1 aromatic heterocycles. The van der Waals surface area contributed by atoms with Gasteiger partial charge in [0.15, 0.2) is 0 Å². The standard InChI is InChI=1S/C27H26F3N3O/c28-27(29,30)19-5-6-20-23(7-8-31-24(20)12-19)32-22-4-2-1-3-21(22)25(34)33-26-13-16-9-17(14-26)11-18(10-16)15-26/h1-8,12,16-18H,9-11,13-15H2,(H,31,32)(H,33,34). The van der Waals surface area contributed by atoms with Crippen LogP contribution < -0.4 is 10.6 Å². The molecule has 34 heavy (non-hydrogen) atoms. The molecular weight excluding hydrogens is 439 g/mol. The quantitative estimate of drug-likeness (QED) is 0.451. The van der Waals surface area contributed by atoms with Gasteiger partial charge in [0.1, 0.15) is 0 Å². The molecule has 0 saturated heterocycles. The van der Waals surface area contributed by atoms with E-state index in [9.17, 15) is 18.0 Å². The zero-order chi connectivity index (χ0) is 23.5. The molecule has 1 amide bonds. The number of benzene rings is 2.